The van der Waals surface area contributed by atoms with Gasteiger partial charge in [-0.2, -0.15) is 0 Å². The molecule has 6 nitrogen and oxygen atoms in total. The minimum atomic E-state index is -0.107. The van der Waals surface area contributed by atoms with Crippen molar-refractivity contribution in [3.05, 3.63) is 23.8 Å². The minimum Gasteiger partial charge on any atom is -0.492 e. The van der Waals surface area contributed by atoms with Crippen molar-refractivity contribution in [3.63, 3.8) is 0 Å². The molecule has 0 unspecified atom stereocenters. The molecule has 1 aromatic rings. The van der Waals surface area contributed by atoms with Gasteiger partial charge >= 0.3 is 0 Å². The Hall–Kier alpha value is -1.79. The molecule has 1 fully saturated rings. The van der Waals surface area contributed by atoms with Crippen molar-refractivity contribution < 1.29 is 14.3 Å². The lowest BCUT2D eigenvalue weighted by atomic mass is 10.2. The molecule has 0 saturated carbocycles. The number of nitrogens with one attached hydrogen (secondary N) is 1. The average Bonchev–Trinajstić information content (AvgIpc) is 2.50. The van der Waals surface area contributed by atoms with E-state index in [1.165, 1.54) is 0 Å². The Labute approximate surface area is 125 Å². The summed E-state index contributed by atoms with van der Waals surface area (Å²) < 4.78 is 10.7. The van der Waals surface area contributed by atoms with E-state index in [4.69, 9.17) is 15.2 Å². The van der Waals surface area contributed by atoms with Crippen molar-refractivity contribution in [2.75, 3.05) is 51.7 Å². The molecule has 0 aromatic heterocycles. The maximum Gasteiger partial charge on any atom is 0.251 e. The van der Waals surface area contributed by atoms with Crippen molar-refractivity contribution in [2.45, 2.75) is 6.92 Å². The predicted octanol–water partition coefficient (Wildman–Crippen LogP) is 0.730. The standard InChI is InChI=1S/C15H23N3O3/c1-2-21-14-11-12(3-4-13(14)16)15(19)17-5-6-18-7-9-20-10-8-18/h3-4,11H,2,5-10,16H2,1H3,(H,17,19). The summed E-state index contributed by atoms with van der Waals surface area (Å²) >= 11 is 0. The third-order valence-corrected chi connectivity index (χ3v) is 3.39. The van der Waals surface area contributed by atoms with Crippen LogP contribution in [0.3, 0.4) is 0 Å². The Balaban J connectivity index is 1.83. The Bertz CT molecular complexity index is 473. The molecule has 0 atom stereocenters. The molecular weight excluding hydrogens is 270 g/mol. The van der Waals surface area contributed by atoms with Crippen molar-refractivity contribution in [3.8, 4) is 5.75 Å². The number of hydrogen-bond acceptors (Lipinski definition) is 5. The Morgan fingerprint density at radius 2 is 2.19 bits per heavy atom. The van der Waals surface area contributed by atoms with Crippen LogP contribution in [0.2, 0.25) is 0 Å². The van der Waals surface area contributed by atoms with Crippen LogP contribution in [0.4, 0.5) is 5.69 Å². The lowest BCUT2D eigenvalue weighted by molar-refractivity contribution is 0.0383. The van der Waals surface area contributed by atoms with Crippen LogP contribution < -0.4 is 15.8 Å². The second-order valence-corrected chi connectivity index (χ2v) is 4.90. The van der Waals surface area contributed by atoms with Crippen molar-refractivity contribution in [2.24, 2.45) is 0 Å². The molecule has 1 aliphatic rings. The van der Waals surface area contributed by atoms with Gasteiger partial charge in [0, 0.05) is 31.7 Å². The normalized spacial score (nSPS) is 15.7. The number of benzene rings is 1. The molecule has 1 aromatic carbocycles. The van der Waals surface area contributed by atoms with Crippen molar-refractivity contribution in [1.82, 2.24) is 10.2 Å². The third-order valence-electron chi connectivity index (χ3n) is 3.39. The Kier molecular flexibility index (Phi) is 5.83. The first-order chi connectivity index (χ1) is 10.2. The van der Waals surface area contributed by atoms with Crippen molar-refractivity contribution in [1.29, 1.82) is 0 Å². The molecule has 2 rings (SSSR count). The molecule has 1 heterocycles. The maximum absolute atomic E-state index is 12.1. The van der Waals surface area contributed by atoms with E-state index in [0.29, 0.717) is 30.2 Å². The zero-order chi connectivity index (χ0) is 15.1. The molecule has 0 spiro atoms. The van der Waals surface area contributed by atoms with E-state index >= 15 is 0 Å². The first-order valence-corrected chi connectivity index (χ1v) is 7.31. The number of nitrogen functional groups attached to an aromatic ring is 1. The number of anilines is 1. The predicted molar refractivity (Wildman–Crippen MR) is 81.6 cm³/mol. The highest BCUT2D eigenvalue weighted by Gasteiger charge is 2.12. The molecule has 1 saturated heterocycles. The first kappa shape index (κ1) is 15.6. The molecule has 0 radical (unpaired) electrons. The fourth-order valence-corrected chi connectivity index (χ4v) is 2.21. The maximum atomic E-state index is 12.1. The topological polar surface area (TPSA) is 76.8 Å². The summed E-state index contributed by atoms with van der Waals surface area (Å²) in [7, 11) is 0. The van der Waals surface area contributed by atoms with Gasteiger partial charge in [0.2, 0.25) is 0 Å². The van der Waals surface area contributed by atoms with Gasteiger partial charge in [0.15, 0.2) is 0 Å². The van der Waals surface area contributed by atoms with Crippen LogP contribution in [0.15, 0.2) is 18.2 Å². The number of amides is 1. The van der Waals surface area contributed by atoms with Gasteiger partial charge in [0.05, 0.1) is 25.5 Å². The second-order valence-electron chi connectivity index (χ2n) is 4.90. The highest BCUT2D eigenvalue weighted by atomic mass is 16.5. The molecule has 21 heavy (non-hydrogen) atoms. The Morgan fingerprint density at radius 1 is 1.43 bits per heavy atom. The van der Waals surface area contributed by atoms with E-state index in [2.05, 4.69) is 10.2 Å². The van der Waals surface area contributed by atoms with Gasteiger partial charge in [-0.1, -0.05) is 0 Å². The van der Waals surface area contributed by atoms with Gasteiger partial charge in [-0.15, -0.1) is 0 Å². The number of carbonyl (C=O) groups is 1. The van der Waals surface area contributed by atoms with Gasteiger partial charge in [-0.3, -0.25) is 9.69 Å². The highest BCUT2D eigenvalue weighted by Crippen LogP contribution is 2.22. The van der Waals surface area contributed by atoms with E-state index in [9.17, 15) is 4.79 Å². The van der Waals surface area contributed by atoms with Crippen LogP contribution in [-0.4, -0.2) is 56.8 Å². The zero-order valence-electron chi connectivity index (χ0n) is 12.4. The van der Waals surface area contributed by atoms with Crippen LogP contribution in [0.1, 0.15) is 17.3 Å². The number of nitrogens with two attached hydrogens (primary N) is 1. The fraction of sp³-hybridized carbons (Fsp3) is 0.533. The number of ether oxygens (including phenoxy) is 2. The Morgan fingerprint density at radius 3 is 2.90 bits per heavy atom. The van der Waals surface area contributed by atoms with Gasteiger partial charge < -0.3 is 20.5 Å². The van der Waals surface area contributed by atoms with E-state index in [1.54, 1.807) is 18.2 Å². The summed E-state index contributed by atoms with van der Waals surface area (Å²) in [5.41, 5.74) is 6.91. The second kappa shape index (κ2) is 7.85. The highest BCUT2D eigenvalue weighted by molar-refractivity contribution is 5.95. The van der Waals surface area contributed by atoms with E-state index in [0.717, 1.165) is 32.8 Å². The van der Waals surface area contributed by atoms with Gasteiger partial charge in [-0.05, 0) is 25.1 Å². The third kappa shape index (κ3) is 4.61. The fourth-order valence-electron chi connectivity index (χ4n) is 2.21. The average molecular weight is 293 g/mol. The number of nitrogens with zero attached hydrogens (tertiary/aromatic N) is 1. The van der Waals surface area contributed by atoms with Crippen LogP contribution in [-0.2, 0) is 4.74 Å². The number of rotatable bonds is 6. The monoisotopic (exact) mass is 293 g/mol. The summed E-state index contributed by atoms with van der Waals surface area (Å²) in [5.74, 6) is 0.447. The summed E-state index contributed by atoms with van der Waals surface area (Å²) in [6.07, 6.45) is 0. The minimum absolute atomic E-state index is 0.107. The van der Waals surface area contributed by atoms with Gasteiger partial charge in [0.25, 0.3) is 5.91 Å². The van der Waals surface area contributed by atoms with E-state index in [-0.39, 0.29) is 5.91 Å². The summed E-state index contributed by atoms with van der Waals surface area (Å²) in [6.45, 7) is 7.24. The van der Waals surface area contributed by atoms with Crippen LogP contribution in [0, 0.1) is 0 Å². The lowest BCUT2D eigenvalue weighted by Gasteiger charge is -2.26. The molecule has 116 valence electrons. The van der Waals surface area contributed by atoms with Crippen LogP contribution in [0.5, 0.6) is 5.75 Å². The molecule has 3 N–H and O–H groups in total. The largest absolute Gasteiger partial charge is 0.492 e. The SMILES string of the molecule is CCOc1cc(C(=O)NCCN2CCOCC2)ccc1N. The lowest BCUT2D eigenvalue weighted by Crippen LogP contribution is -2.41. The number of carbonyl (C=O) groups excluding carboxylic acids is 1. The summed E-state index contributed by atoms with van der Waals surface area (Å²) in [5, 5.41) is 2.92. The smallest absolute Gasteiger partial charge is 0.251 e. The molecular formula is C15H23N3O3. The quantitative estimate of drug-likeness (QED) is 0.756. The molecule has 0 aliphatic carbocycles. The van der Waals surface area contributed by atoms with Crippen LogP contribution in [0.25, 0.3) is 0 Å². The van der Waals surface area contributed by atoms with E-state index in [1.807, 2.05) is 6.92 Å². The number of hydrogen-bond donors (Lipinski definition) is 2. The first-order valence-electron chi connectivity index (χ1n) is 7.31. The van der Waals surface area contributed by atoms with Crippen LogP contribution >= 0.6 is 0 Å². The summed E-state index contributed by atoms with van der Waals surface area (Å²) in [6, 6.07) is 5.09. The van der Waals surface area contributed by atoms with Gasteiger partial charge in [0.1, 0.15) is 5.75 Å². The summed E-state index contributed by atoms with van der Waals surface area (Å²) in [4.78, 5) is 14.4. The molecule has 6 heteroatoms. The molecule has 1 amide bonds. The van der Waals surface area contributed by atoms with Gasteiger partial charge in [-0.25, -0.2) is 0 Å². The van der Waals surface area contributed by atoms with E-state index < -0.39 is 0 Å². The van der Waals surface area contributed by atoms with Crippen molar-refractivity contribution >= 4 is 11.6 Å². The number of morpholine rings is 1. The molecule has 1 aliphatic heterocycles. The molecule has 0 bridgehead atoms. The zero-order valence-corrected chi connectivity index (χ0v) is 12.4.